The van der Waals surface area contributed by atoms with E-state index in [9.17, 15) is 0 Å². The summed E-state index contributed by atoms with van der Waals surface area (Å²) < 4.78 is 1.14. The summed E-state index contributed by atoms with van der Waals surface area (Å²) in [6.45, 7) is 10.1. The van der Waals surface area contributed by atoms with Gasteiger partial charge in [0.2, 0.25) is 0 Å². The van der Waals surface area contributed by atoms with Crippen molar-refractivity contribution in [3.63, 3.8) is 0 Å². The van der Waals surface area contributed by atoms with Crippen LogP contribution in [0.1, 0.15) is 46.1 Å². The van der Waals surface area contributed by atoms with Crippen LogP contribution in [-0.2, 0) is 6.54 Å². The van der Waals surface area contributed by atoms with Gasteiger partial charge in [0.25, 0.3) is 0 Å². The van der Waals surface area contributed by atoms with Crippen molar-refractivity contribution in [2.75, 3.05) is 0 Å². The van der Waals surface area contributed by atoms with E-state index in [1.807, 2.05) is 0 Å². The fraction of sp³-hybridized carbons (Fsp3) is 0.625. The van der Waals surface area contributed by atoms with E-state index in [-0.39, 0.29) is 11.1 Å². The Kier molecular flexibility index (Phi) is 4.38. The molecule has 0 bridgehead atoms. The summed E-state index contributed by atoms with van der Waals surface area (Å²) in [7, 11) is 0. The first-order valence-corrected chi connectivity index (χ1v) is 7.82. The maximum Gasteiger partial charge on any atom is 0.0208 e. The zero-order valence-electron chi connectivity index (χ0n) is 12.4. The van der Waals surface area contributed by atoms with Gasteiger partial charge in [-0.15, -0.1) is 0 Å². The van der Waals surface area contributed by atoms with E-state index < -0.39 is 0 Å². The Morgan fingerprint density at radius 1 is 1.11 bits per heavy atom. The summed E-state index contributed by atoms with van der Waals surface area (Å²) in [5.41, 5.74) is 1.76. The molecule has 1 aliphatic heterocycles. The molecule has 2 nitrogen and oxygen atoms in total. The second-order valence-electron chi connectivity index (χ2n) is 7.01. The highest BCUT2D eigenvalue weighted by Gasteiger charge is 2.37. The van der Waals surface area contributed by atoms with Crippen molar-refractivity contribution in [2.24, 2.45) is 0 Å². The highest BCUT2D eigenvalue weighted by Crippen LogP contribution is 2.28. The highest BCUT2D eigenvalue weighted by molar-refractivity contribution is 9.10. The minimum Gasteiger partial charge on any atom is -0.310 e. The summed E-state index contributed by atoms with van der Waals surface area (Å²) in [5.74, 6) is 0. The Hall–Kier alpha value is -0.380. The fourth-order valence-corrected chi connectivity index (χ4v) is 3.60. The third-order valence-electron chi connectivity index (χ3n) is 3.70. The predicted molar refractivity (Wildman–Crippen MR) is 85.3 cm³/mol. The van der Waals surface area contributed by atoms with Gasteiger partial charge >= 0.3 is 0 Å². The van der Waals surface area contributed by atoms with Crippen molar-refractivity contribution in [3.8, 4) is 0 Å². The van der Waals surface area contributed by atoms with Crippen LogP contribution in [0.2, 0.25) is 0 Å². The Bertz CT molecular complexity index is 407. The molecule has 2 N–H and O–H groups in total. The van der Waals surface area contributed by atoms with E-state index in [2.05, 4.69) is 78.5 Å². The Labute approximate surface area is 125 Å². The number of halogens is 1. The summed E-state index contributed by atoms with van der Waals surface area (Å²) in [4.78, 5) is 0. The largest absolute Gasteiger partial charge is 0.310 e. The van der Waals surface area contributed by atoms with Crippen molar-refractivity contribution >= 4 is 15.9 Å². The standard InChI is InChI=1S/C16H25BrN2/c1-15(2)9-14(10-16(3,4)19-15)18-11-12-5-7-13(17)8-6-12/h5-8,14,18-19H,9-11H2,1-4H3. The van der Waals surface area contributed by atoms with Gasteiger partial charge in [0.05, 0.1) is 0 Å². The lowest BCUT2D eigenvalue weighted by atomic mass is 9.79. The molecule has 1 heterocycles. The highest BCUT2D eigenvalue weighted by atomic mass is 79.9. The molecule has 3 heteroatoms. The van der Waals surface area contributed by atoms with E-state index in [0.29, 0.717) is 6.04 Å². The van der Waals surface area contributed by atoms with E-state index >= 15 is 0 Å². The van der Waals surface area contributed by atoms with Crippen LogP contribution in [0.15, 0.2) is 28.7 Å². The van der Waals surface area contributed by atoms with Gasteiger partial charge in [-0.25, -0.2) is 0 Å². The van der Waals surface area contributed by atoms with Crippen LogP contribution in [-0.4, -0.2) is 17.1 Å². The third-order valence-corrected chi connectivity index (χ3v) is 4.23. The minimum atomic E-state index is 0.207. The monoisotopic (exact) mass is 324 g/mol. The Morgan fingerprint density at radius 2 is 1.63 bits per heavy atom. The topological polar surface area (TPSA) is 24.1 Å². The zero-order valence-corrected chi connectivity index (χ0v) is 14.0. The van der Waals surface area contributed by atoms with E-state index in [4.69, 9.17) is 0 Å². The van der Waals surface area contributed by atoms with Crippen LogP contribution in [0.3, 0.4) is 0 Å². The van der Waals surface area contributed by atoms with Gasteiger partial charge in [-0.3, -0.25) is 0 Å². The first kappa shape index (κ1) is 15.0. The molecular formula is C16H25BrN2. The average molecular weight is 325 g/mol. The first-order valence-electron chi connectivity index (χ1n) is 7.03. The molecule has 106 valence electrons. The summed E-state index contributed by atoms with van der Waals surface area (Å²) in [6, 6.07) is 9.14. The third kappa shape index (κ3) is 4.59. The molecule has 0 atom stereocenters. The lowest BCUT2D eigenvalue weighted by Crippen LogP contribution is -2.61. The molecule has 1 saturated heterocycles. The molecule has 0 saturated carbocycles. The van der Waals surface area contributed by atoms with Gasteiger partial charge in [-0.2, -0.15) is 0 Å². The second kappa shape index (κ2) is 5.55. The normalized spacial score (nSPS) is 22.4. The van der Waals surface area contributed by atoms with Crippen molar-refractivity contribution < 1.29 is 0 Å². The van der Waals surface area contributed by atoms with Crippen molar-refractivity contribution in [2.45, 2.75) is 64.2 Å². The SMILES string of the molecule is CC1(C)CC(NCc2ccc(Br)cc2)CC(C)(C)N1. The van der Waals surface area contributed by atoms with Gasteiger partial charge in [0.15, 0.2) is 0 Å². The van der Waals surface area contributed by atoms with Gasteiger partial charge in [0, 0.05) is 28.1 Å². The molecular weight excluding hydrogens is 300 g/mol. The maximum absolute atomic E-state index is 3.72. The quantitative estimate of drug-likeness (QED) is 0.882. The van der Waals surface area contributed by atoms with Crippen LogP contribution in [0.4, 0.5) is 0 Å². The van der Waals surface area contributed by atoms with Gasteiger partial charge in [-0.1, -0.05) is 28.1 Å². The zero-order chi connectivity index (χ0) is 14.1. The molecule has 0 aliphatic carbocycles. The van der Waals surface area contributed by atoms with Crippen molar-refractivity contribution in [1.82, 2.24) is 10.6 Å². The number of hydrogen-bond acceptors (Lipinski definition) is 2. The lowest BCUT2D eigenvalue weighted by molar-refractivity contribution is 0.145. The molecule has 0 aromatic heterocycles. The maximum atomic E-state index is 3.72. The molecule has 0 amide bonds. The van der Waals surface area contributed by atoms with Crippen LogP contribution in [0.5, 0.6) is 0 Å². The summed E-state index contributed by atoms with van der Waals surface area (Å²) >= 11 is 3.47. The molecule has 1 aromatic carbocycles. The number of hydrogen-bond donors (Lipinski definition) is 2. The second-order valence-corrected chi connectivity index (χ2v) is 7.92. The molecule has 1 fully saturated rings. The lowest BCUT2D eigenvalue weighted by Gasteiger charge is -2.46. The Morgan fingerprint density at radius 3 is 2.16 bits per heavy atom. The summed E-state index contributed by atoms with van der Waals surface area (Å²) in [6.07, 6.45) is 2.35. The smallest absolute Gasteiger partial charge is 0.0208 e. The average Bonchev–Trinajstić information content (AvgIpc) is 2.24. The van der Waals surface area contributed by atoms with Crippen LogP contribution < -0.4 is 10.6 Å². The number of nitrogens with one attached hydrogen (secondary N) is 2. The number of rotatable bonds is 3. The molecule has 0 unspecified atom stereocenters. The number of benzene rings is 1. The first-order chi connectivity index (χ1) is 8.76. The van der Waals surface area contributed by atoms with E-state index in [0.717, 1.165) is 11.0 Å². The summed E-state index contributed by atoms with van der Waals surface area (Å²) in [5, 5.41) is 7.43. The molecule has 19 heavy (non-hydrogen) atoms. The molecule has 0 spiro atoms. The van der Waals surface area contributed by atoms with Crippen molar-refractivity contribution in [1.29, 1.82) is 0 Å². The van der Waals surface area contributed by atoms with Crippen LogP contribution in [0, 0.1) is 0 Å². The van der Waals surface area contributed by atoms with E-state index in [1.165, 1.54) is 18.4 Å². The fourth-order valence-electron chi connectivity index (χ4n) is 3.33. The Balaban J connectivity index is 1.93. The molecule has 2 rings (SSSR count). The van der Waals surface area contributed by atoms with Gasteiger partial charge in [0.1, 0.15) is 0 Å². The van der Waals surface area contributed by atoms with Gasteiger partial charge in [-0.05, 0) is 58.2 Å². The van der Waals surface area contributed by atoms with E-state index in [1.54, 1.807) is 0 Å². The van der Waals surface area contributed by atoms with Crippen molar-refractivity contribution in [3.05, 3.63) is 34.3 Å². The minimum absolute atomic E-state index is 0.207. The molecule has 1 aromatic rings. The molecule has 0 radical (unpaired) electrons. The van der Waals surface area contributed by atoms with Gasteiger partial charge < -0.3 is 10.6 Å². The van der Waals surface area contributed by atoms with Crippen LogP contribution >= 0.6 is 15.9 Å². The molecule has 1 aliphatic rings. The van der Waals surface area contributed by atoms with Crippen LogP contribution in [0.25, 0.3) is 0 Å². The number of piperidine rings is 1. The predicted octanol–water partition coefficient (Wildman–Crippen LogP) is 3.85.